The lowest BCUT2D eigenvalue weighted by Crippen LogP contribution is -2.27. The molecule has 8 nitrogen and oxygen atoms in total. The summed E-state index contributed by atoms with van der Waals surface area (Å²) in [5.41, 5.74) is 6.29. The summed E-state index contributed by atoms with van der Waals surface area (Å²) in [5, 5.41) is 24.6. The lowest BCUT2D eigenvalue weighted by molar-refractivity contribution is 0.294. The van der Waals surface area contributed by atoms with Crippen molar-refractivity contribution in [2.75, 3.05) is 13.1 Å². The molecule has 9 heteroatoms. The maximum absolute atomic E-state index is 15.6. The van der Waals surface area contributed by atoms with Crippen LogP contribution in [0.5, 0.6) is 5.75 Å². The average molecular weight is 484 g/mol. The van der Waals surface area contributed by atoms with Gasteiger partial charge in [-0.2, -0.15) is 10.2 Å². The summed E-state index contributed by atoms with van der Waals surface area (Å²) in [6.45, 7) is 4.63. The predicted molar refractivity (Wildman–Crippen MR) is 137 cm³/mol. The van der Waals surface area contributed by atoms with Crippen molar-refractivity contribution >= 4 is 16.5 Å². The van der Waals surface area contributed by atoms with Gasteiger partial charge in [-0.3, -0.25) is 15.1 Å². The summed E-state index contributed by atoms with van der Waals surface area (Å²) >= 11 is 0. The zero-order valence-electron chi connectivity index (χ0n) is 19.8. The highest BCUT2D eigenvalue weighted by Gasteiger charge is 2.20. The van der Waals surface area contributed by atoms with Gasteiger partial charge >= 0.3 is 0 Å². The van der Waals surface area contributed by atoms with Crippen LogP contribution in [0.1, 0.15) is 30.2 Å². The van der Waals surface area contributed by atoms with Crippen molar-refractivity contribution < 1.29 is 9.50 Å². The summed E-state index contributed by atoms with van der Waals surface area (Å²) in [6, 6.07) is 8.65. The van der Waals surface area contributed by atoms with E-state index in [0.717, 1.165) is 42.9 Å². The Balaban J connectivity index is 1.27. The molecule has 0 radical (unpaired) electrons. The second-order valence-corrected chi connectivity index (χ2v) is 9.07. The van der Waals surface area contributed by atoms with Gasteiger partial charge in [0, 0.05) is 48.5 Å². The number of aromatic hydroxyl groups is 1. The Morgan fingerprint density at radius 2 is 2.03 bits per heavy atom. The number of phenolic OH excluding ortho intramolecular Hbond substituents is 1. The van der Waals surface area contributed by atoms with Crippen molar-refractivity contribution in [1.82, 2.24) is 35.3 Å². The molecular formula is C27H26FN7O. The third kappa shape index (κ3) is 3.97. The first-order valence-electron chi connectivity index (χ1n) is 12.0. The molecule has 5 aromatic rings. The van der Waals surface area contributed by atoms with Crippen LogP contribution in [0.3, 0.4) is 0 Å². The quantitative estimate of drug-likeness (QED) is 0.271. The largest absolute Gasteiger partial charge is 0.508 e. The van der Waals surface area contributed by atoms with Crippen molar-refractivity contribution in [2.24, 2.45) is 0 Å². The molecule has 0 saturated carbocycles. The number of aryl methyl sites for hydroxylation is 1. The van der Waals surface area contributed by atoms with E-state index in [-0.39, 0.29) is 11.6 Å². The van der Waals surface area contributed by atoms with Crippen LogP contribution in [0.15, 0.2) is 55.0 Å². The van der Waals surface area contributed by atoms with E-state index in [0.29, 0.717) is 34.4 Å². The molecular weight excluding hydrogens is 457 g/mol. The van der Waals surface area contributed by atoms with Gasteiger partial charge in [-0.05, 0) is 47.7 Å². The standard InChI is InChI=1S/C27H26FN7O/c1-2-17-11-19(36)3-4-20(17)21-5-6-22-25(24(21)28)33-34-26(22)27-29-14-23(32-27)18-7-9-35(10-8-18)15-16-12-30-31-13-16/h3-7,11-14,36H,2,8-10,15H2,1H3,(H,29,32)(H,30,31)(H,33,34). The lowest BCUT2D eigenvalue weighted by Gasteiger charge is -2.25. The molecule has 3 aromatic heterocycles. The van der Waals surface area contributed by atoms with Crippen LogP contribution in [-0.2, 0) is 13.0 Å². The Kier molecular flexibility index (Phi) is 5.61. The number of aromatic amines is 3. The van der Waals surface area contributed by atoms with E-state index in [1.54, 1.807) is 24.3 Å². The molecule has 0 aliphatic carbocycles. The SMILES string of the molecule is CCc1cc(O)ccc1-c1ccc2c(-c3nc(C4=CCN(Cc5cn[nH]c5)CC4)c[nH]3)n[nH]c2c1F. The van der Waals surface area contributed by atoms with E-state index >= 15 is 4.39 Å². The molecule has 0 spiro atoms. The molecule has 0 atom stereocenters. The van der Waals surface area contributed by atoms with Gasteiger partial charge in [-0.1, -0.05) is 25.1 Å². The molecule has 0 saturated heterocycles. The van der Waals surface area contributed by atoms with E-state index < -0.39 is 0 Å². The number of hydrogen-bond donors (Lipinski definition) is 4. The van der Waals surface area contributed by atoms with Crippen molar-refractivity contribution in [2.45, 2.75) is 26.3 Å². The van der Waals surface area contributed by atoms with Gasteiger partial charge in [-0.15, -0.1) is 0 Å². The summed E-state index contributed by atoms with van der Waals surface area (Å²) in [7, 11) is 0. The zero-order valence-corrected chi connectivity index (χ0v) is 19.8. The number of benzene rings is 2. The van der Waals surface area contributed by atoms with Gasteiger partial charge in [0.15, 0.2) is 11.6 Å². The second-order valence-electron chi connectivity index (χ2n) is 9.07. The average Bonchev–Trinajstić information content (AvgIpc) is 3.66. The monoisotopic (exact) mass is 483 g/mol. The summed E-state index contributed by atoms with van der Waals surface area (Å²) < 4.78 is 15.6. The third-order valence-corrected chi connectivity index (χ3v) is 6.82. The zero-order chi connectivity index (χ0) is 24.6. The lowest BCUT2D eigenvalue weighted by atomic mass is 9.96. The van der Waals surface area contributed by atoms with Crippen molar-refractivity contribution in [1.29, 1.82) is 0 Å². The highest BCUT2D eigenvalue weighted by Crippen LogP contribution is 2.35. The maximum Gasteiger partial charge on any atom is 0.159 e. The Morgan fingerprint density at radius 3 is 2.81 bits per heavy atom. The highest BCUT2D eigenvalue weighted by atomic mass is 19.1. The minimum atomic E-state index is -0.369. The Bertz CT molecular complexity index is 1560. The summed E-state index contributed by atoms with van der Waals surface area (Å²) in [6.07, 6.45) is 9.46. The highest BCUT2D eigenvalue weighted by molar-refractivity contribution is 5.94. The van der Waals surface area contributed by atoms with E-state index in [9.17, 15) is 5.11 Å². The number of hydrogen-bond acceptors (Lipinski definition) is 5. The number of phenols is 1. The fourth-order valence-electron chi connectivity index (χ4n) is 4.90. The number of nitrogens with zero attached hydrogens (tertiary/aromatic N) is 4. The summed E-state index contributed by atoms with van der Waals surface area (Å²) in [5.74, 6) is 0.406. The van der Waals surface area contributed by atoms with E-state index in [1.807, 2.05) is 31.6 Å². The third-order valence-electron chi connectivity index (χ3n) is 6.82. The number of imidazole rings is 1. The van der Waals surface area contributed by atoms with E-state index in [4.69, 9.17) is 4.98 Å². The molecule has 4 N–H and O–H groups in total. The molecule has 0 bridgehead atoms. The van der Waals surface area contributed by atoms with Crippen LogP contribution in [0.2, 0.25) is 0 Å². The minimum absolute atomic E-state index is 0.174. The number of halogens is 1. The van der Waals surface area contributed by atoms with E-state index in [1.165, 1.54) is 11.1 Å². The number of rotatable bonds is 6. The number of nitrogens with one attached hydrogen (secondary N) is 3. The second kappa shape index (κ2) is 9.09. The van der Waals surface area contributed by atoms with Crippen LogP contribution in [0.25, 0.3) is 39.1 Å². The number of H-pyrrole nitrogens is 3. The van der Waals surface area contributed by atoms with Crippen LogP contribution in [-0.4, -0.2) is 53.5 Å². The Morgan fingerprint density at radius 1 is 1.14 bits per heavy atom. The molecule has 1 aliphatic heterocycles. The van der Waals surface area contributed by atoms with Crippen LogP contribution >= 0.6 is 0 Å². The fraction of sp³-hybridized carbons (Fsp3) is 0.222. The minimum Gasteiger partial charge on any atom is -0.508 e. The van der Waals surface area contributed by atoms with Crippen LogP contribution < -0.4 is 0 Å². The van der Waals surface area contributed by atoms with Crippen molar-refractivity contribution in [3.05, 3.63) is 77.6 Å². The molecule has 36 heavy (non-hydrogen) atoms. The molecule has 182 valence electrons. The Hall–Kier alpha value is -4.24. The predicted octanol–water partition coefficient (Wildman–Crippen LogP) is 5.04. The van der Waals surface area contributed by atoms with E-state index in [2.05, 4.69) is 36.4 Å². The molecule has 2 aromatic carbocycles. The Labute approximate surface area is 206 Å². The topological polar surface area (TPSA) is 110 Å². The van der Waals surface area contributed by atoms with Gasteiger partial charge in [0.25, 0.3) is 0 Å². The molecule has 6 rings (SSSR count). The molecule has 0 unspecified atom stereocenters. The van der Waals surface area contributed by atoms with Gasteiger partial charge in [0.2, 0.25) is 0 Å². The number of fused-ring (bicyclic) bond motifs is 1. The molecule has 0 amide bonds. The number of aromatic nitrogens is 6. The maximum atomic E-state index is 15.6. The first-order chi connectivity index (χ1) is 17.6. The molecule has 1 aliphatic rings. The van der Waals surface area contributed by atoms with Gasteiger partial charge in [-0.25, -0.2) is 9.37 Å². The van der Waals surface area contributed by atoms with Gasteiger partial charge in [0.05, 0.1) is 11.9 Å². The van der Waals surface area contributed by atoms with Crippen LogP contribution in [0, 0.1) is 5.82 Å². The fourth-order valence-corrected chi connectivity index (χ4v) is 4.90. The first-order valence-corrected chi connectivity index (χ1v) is 12.0. The van der Waals surface area contributed by atoms with Crippen molar-refractivity contribution in [3.63, 3.8) is 0 Å². The first kappa shape index (κ1) is 22.2. The van der Waals surface area contributed by atoms with Crippen molar-refractivity contribution in [3.8, 4) is 28.4 Å². The van der Waals surface area contributed by atoms with Crippen LogP contribution in [0.4, 0.5) is 4.39 Å². The molecule has 4 heterocycles. The van der Waals surface area contributed by atoms with Gasteiger partial charge in [0.1, 0.15) is 17.0 Å². The van der Waals surface area contributed by atoms with Gasteiger partial charge < -0.3 is 10.1 Å². The molecule has 0 fully saturated rings. The summed E-state index contributed by atoms with van der Waals surface area (Å²) in [4.78, 5) is 10.4. The smallest absolute Gasteiger partial charge is 0.159 e. The normalized spacial score (nSPS) is 14.4.